The van der Waals surface area contributed by atoms with Gasteiger partial charge in [-0.2, -0.15) is 0 Å². The Morgan fingerprint density at radius 1 is 1.44 bits per heavy atom. The van der Waals surface area contributed by atoms with E-state index in [2.05, 4.69) is 14.6 Å². The molecule has 1 rings (SSSR count). The van der Waals surface area contributed by atoms with Crippen molar-refractivity contribution in [2.75, 3.05) is 0 Å². The van der Waals surface area contributed by atoms with E-state index in [1.165, 1.54) is 0 Å². The minimum absolute atomic E-state index is 0.174. The smallest absolute Gasteiger partial charge is 0.439 e. The Kier molecular flexibility index (Phi) is 1.54. The van der Waals surface area contributed by atoms with Crippen molar-refractivity contribution in [3.63, 3.8) is 0 Å². The van der Waals surface area contributed by atoms with Gasteiger partial charge in [-0.1, -0.05) is 0 Å². The van der Waals surface area contributed by atoms with Crippen molar-refractivity contribution in [3.8, 4) is 0 Å². The van der Waals surface area contributed by atoms with E-state index < -0.39 is 7.12 Å². The van der Waals surface area contributed by atoms with Crippen LogP contribution in [0.2, 0.25) is 0 Å². The second-order valence-corrected chi connectivity index (χ2v) is 1.53. The summed E-state index contributed by atoms with van der Waals surface area (Å²) in [6, 6.07) is 0. The van der Waals surface area contributed by atoms with Gasteiger partial charge in [-0.05, 0) is 0 Å². The van der Waals surface area contributed by atoms with E-state index in [4.69, 9.17) is 10.0 Å². The lowest BCUT2D eigenvalue weighted by atomic mass is 9.93. The predicted molar refractivity (Wildman–Crippen MR) is 32.3 cm³/mol. The third kappa shape index (κ3) is 1.30. The van der Waals surface area contributed by atoms with E-state index >= 15 is 0 Å². The van der Waals surface area contributed by atoms with Gasteiger partial charge in [-0.3, -0.25) is 0 Å². The Labute approximate surface area is 52.3 Å². The third-order valence-electron chi connectivity index (χ3n) is 0.763. The second-order valence-electron chi connectivity index (χ2n) is 1.53. The quantitative estimate of drug-likeness (QED) is 0.374. The summed E-state index contributed by atoms with van der Waals surface area (Å²) in [5, 5.41) is 23.5. The van der Waals surface area contributed by atoms with Gasteiger partial charge in [0.25, 0.3) is 0 Å². The summed E-state index contributed by atoms with van der Waals surface area (Å²) in [5.74, 6) is 0.144. The summed E-state index contributed by atoms with van der Waals surface area (Å²) >= 11 is 0. The summed E-state index contributed by atoms with van der Waals surface area (Å²) in [6.07, 6.45) is 0. The highest BCUT2D eigenvalue weighted by Crippen LogP contribution is 1.68. The van der Waals surface area contributed by atoms with Crippen LogP contribution in [0, 0.1) is 0 Å². The summed E-state index contributed by atoms with van der Waals surface area (Å²) in [4.78, 5) is 0. The molecule has 5 nitrogen and oxygen atoms in total. The lowest BCUT2D eigenvalue weighted by Crippen LogP contribution is -2.31. The monoisotopic (exact) mass is 126 g/mol. The molecule has 1 heterocycles. The van der Waals surface area contributed by atoms with E-state index in [1.54, 1.807) is 7.85 Å². The molecule has 0 aromatic carbocycles. The molecule has 0 saturated carbocycles. The van der Waals surface area contributed by atoms with Crippen molar-refractivity contribution in [2.24, 2.45) is 0 Å². The van der Waals surface area contributed by atoms with Crippen molar-refractivity contribution in [1.82, 2.24) is 10.2 Å². The summed E-state index contributed by atoms with van der Waals surface area (Å²) in [7, 11) is -0.0926. The lowest BCUT2D eigenvalue weighted by molar-refractivity contribution is 0.409. The van der Waals surface area contributed by atoms with E-state index in [1.807, 2.05) is 0 Å². The van der Waals surface area contributed by atoms with Crippen molar-refractivity contribution >= 4 is 26.5 Å². The van der Waals surface area contributed by atoms with E-state index in [-0.39, 0.29) is 5.79 Å². The normalized spacial score (nSPS) is 9.56. The number of aromatic nitrogens is 2. The van der Waals surface area contributed by atoms with Crippen molar-refractivity contribution in [2.45, 2.75) is 0 Å². The highest BCUT2D eigenvalue weighted by atomic mass is 16.4. The van der Waals surface area contributed by atoms with E-state index in [0.717, 1.165) is 0 Å². The fourth-order valence-electron chi connectivity index (χ4n) is 0.416. The average molecular weight is 126 g/mol. The molecule has 0 aliphatic rings. The molecule has 0 unspecified atom stereocenters. The number of rotatable bonds is 1. The second kappa shape index (κ2) is 2.20. The zero-order valence-corrected chi connectivity index (χ0v) is 4.77. The molecule has 1 aromatic heterocycles. The lowest BCUT2D eigenvalue weighted by Gasteiger charge is -1.84. The zero-order chi connectivity index (χ0) is 6.85. The van der Waals surface area contributed by atoms with Gasteiger partial charge in [0.2, 0.25) is 13.6 Å². The van der Waals surface area contributed by atoms with Crippen LogP contribution >= 0.6 is 0 Å². The summed E-state index contributed by atoms with van der Waals surface area (Å²) in [6.45, 7) is 0. The van der Waals surface area contributed by atoms with Crippen LogP contribution in [0.5, 0.6) is 0 Å². The minimum atomic E-state index is -1.66. The largest absolute Gasteiger partial charge is 0.550 e. The van der Waals surface area contributed by atoms with Crippen LogP contribution in [0.25, 0.3) is 0 Å². The van der Waals surface area contributed by atoms with Crippen LogP contribution < -0.4 is 11.6 Å². The van der Waals surface area contributed by atoms with Crippen molar-refractivity contribution < 1.29 is 14.5 Å². The first kappa shape index (κ1) is 6.31. The van der Waals surface area contributed by atoms with Gasteiger partial charge < -0.3 is 14.5 Å². The standard InChI is InChI=1S/C2H4B2N2O3/c3-1-5-6-2(9-1)4(7)8/h7-8H,3H2. The molecule has 9 heavy (non-hydrogen) atoms. The Morgan fingerprint density at radius 3 is 2.33 bits per heavy atom. The van der Waals surface area contributed by atoms with Crippen LogP contribution in [0.15, 0.2) is 4.42 Å². The highest BCUT2D eigenvalue weighted by Gasteiger charge is 2.17. The molecule has 0 radical (unpaired) electrons. The molecule has 2 N–H and O–H groups in total. The molecule has 0 spiro atoms. The third-order valence-corrected chi connectivity index (χ3v) is 0.763. The molecule has 0 aliphatic heterocycles. The number of hydrogen-bond acceptors (Lipinski definition) is 5. The van der Waals surface area contributed by atoms with E-state index in [9.17, 15) is 0 Å². The van der Waals surface area contributed by atoms with Crippen LogP contribution in [-0.2, 0) is 0 Å². The fraction of sp³-hybridized carbons (Fsp3) is 0. The molecule has 0 amide bonds. The number of nitrogens with zero attached hydrogens (tertiary/aromatic N) is 2. The average Bonchev–Trinajstić information content (AvgIpc) is 2.14. The van der Waals surface area contributed by atoms with Gasteiger partial charge in [-0.25, -0.2) is 0 Å². The van der Waals surface area contributed by atoms with Crippen LogP contribution in [0.4, 0.5) is 0 Å². The van der Waals surface area contributed by atoms with Gasteiger partial charge in [0.15, 0.2) is 5.79 Å². The highest BCUT2D eigenvalue weighted by molar-refractivity contribution is 6.56. The molecule has 0 atom stereocenters. The maximum atomic E-state index is 8.40. The maximum absolute atomic E-state index is 8.40. The molecular weight excluding hydrogens is 122 g/mol. The van der Waals surface area contributed by atoms with Crippen LogP contribution in [-0.4, -0.2) is 35.2 Å². The predicted octanol–water partition coefficient (Wildman–Crippen LogP) is -3.99. The summed E-state index contributed by atoms with van der Waals surface area (Å²) in [5.41, 5.74) is 0. The minimum Gasteiger partial charge on any atom is -0.439 e. The molecular formula is C2H4B2N2O3. The Morgan fingerprint density at radius 2 is 2.11 bits per heavy atom. The summed E-state index contributed by atoms with van der Waals surface area (Å²) < 4.78 is 4.62. The van der Waals surface area contributed by atoms with Crippen molar-refractivity contribution in [3.05, 3.63) is 0 Å². The number of hydrogen-bond donors (Lipinski definition) is 2. The van der Waals surface area contributed by atoms with Gasteiger partial charge in [0, 0.05) is 0 Å². The first-order valence-corrected chi connectivity index (χ1v) is 2.36. The van der Waals surface area contributed by atoms with Gasteiger partial charge in [-0.15, -0.1) is 10.2 Å². The van der Waals surface area contributed by atoms with E-state index in [0.29, 0.717) is 5.79 Å². The fourth-order valence-corrected chi connectivity index (χ4v) is 0.416. The SMILES string of the molecule is Bc1nnc(B(O)O)o1. The topological polar surface area (TPSA) is 79.4 Å². The Bertz CT molecular complexity index is 199. The first-order valence-electron chi connectivity index (χ1n) is 2.36. The molecule has 0 bridgehead atoms. The molecule has 0 aliphatic carbocycles. The van der Waals surface area contributed by atoms with Crippen molar-refractivity contribution in [1.29, 1.82) is 0 Å². The van der Waals surface area contributed by atoms with Gasteiger partial charge in [0.05, 0.1) is 0 Å². The van der Waals surface area contributed by atoms with Gasteiger partial charge >= 0.3 is 7.12 Å². The zero-order valence-electron chi connectivity index (χ0n) is 4.77. The molecule has 7 heteroatoms. The molecule has 0 fully saturated rings. The first-order chi connectivity index (χ1) is 4.20. The Balaban J connectivity index is 2.85. The molecule has 1 aromatic rings. The van der Waals surface area contributed by atoms with Gasteiger partial charge in [0.1, 0.15) is 0 Å². The van der Waals surface area contributed by atoms with Crippen LogP contribution in [0.1, 0.15) is 0 Å². The molecule has 0 saturated heterocycles. The van der Waals surface area contributed by atoms with Crippen LogP contribution in [0.3, 0.4) is 0 Å². The Hall–Kier alpha value is -0.810. The maximum Gasteiger partial charge on any atom is 0.550 e. The molecule has 46 valence electrons.